The van der Waals surface area contributed by atoms with Gasteiger partial charge in [0.2, 0.25) is 0 Å². The van der Waals surface area contributed by atoms with Gasteiger partial charge in [-0.3, -0.25) is 4.90 Å². The van der Waals surface area contributed by atoms with E-state index in [1.807, 2.05) is 0 Å². The molecule has 20 heavy (non-hydrogen) atoms. The quantitative estimate of drug-likeness (QED) is 0.922. The lowest BCUT2D eigenvalue weighted by Gasteiger charge is -2.35. The molecule has 1 aliphatic heterocycles. The number of hydrogen-bond donors (Lipinski definition) is 1. The van der Waals surface area contributed by atoms with E-state index in [1.54, 1.807) is 7.11 Å². The van der Waals surface area contributed by atoms with E-state index in [4.69, 9.17) is 4.74 Å². The van der Waals surface area contributed by atoms with E-state index < -0.39 is 0 Å². The molecule has 0 aliphatic carbocycles. The Labute approximate surface area is 134 Å². The lowest BCUT2D eigenvalue weighted by Crippen LogP contribution is -2.45. The zero-order chi connectivity index (χ0) is 13.0. The monoisotopic (exact) mass is 320 g/mol. The number of ether oxygens (including phenoxy) is 1. The first-order valence-corrected chi connectivity index (χ1v) is 6.85. The summed E-state index contributed by atoms with van der Waals surface area (Å²) >= 11 is 0. The van der Waals surface area contributed by atoms with Gasteiger partial charge in [-0.25, -0.2) is 0 Å². The number of aryl methyl sites for hydroxylation is 1. The van der Waals surface area contributed by atoms with Crippen LogP contribution in [0.5, 0.6) is 5.75 Å². The minimum absolute atomic E-state index is 0. The van der Waals surface area contributed by atoms with Crippen LogP contribution in [0.1, 0.15) is 30.5 Å². The SMILES string of the molecule is CC[C@@H](c1ccc(OC)cc1C)N1CCNCC1.Cl.Cl. The minimum atomic E-state index is 0. The van der Waals surface area contributed by atoms with Crippen LogP contribution in [-0.4, -0.2) is 38.2 Å². The molecule has 1 aromatic carbocycles. The van der Waals surface area contributed by atoms with E-state index in [9.17, 15) is 0 Å². The van der Waals surface area contributed by atoms with Crippen LogP contribution in [0.3, 0.4) is 0 Å². The number of hydrogen-bond acceptors (Lipinski definition) is 3. The molecule has 1 heterocycles. The summed E-state index contributed by atoms with van der Waals surface area (Å²) in [5, 5.41) is 3.42. The van der Waals surface area contributed by atoms with Crippen LogP contribution < -0.4 is 10.1 Å². The average molecular weight is 321 g/mol. The third-order valence-electron chi connectivity index (χ3n) is 3.82. The van der Waals surface area contributed by atoms with E-state index in [0.717, 1.165) is 38.3 Å². The van der Waals surface area contributed by atoms with E-state index in [0.29, 0.717) is 6.04 Å². The van der Waals surface area contributed by atoms with E-state index in [2.05, 4.69) is 42.3 Å². The third kappa shape index (κ3) is 4.52. The Morgan fingerprint density at radius 2 is 1.90 bits per heavy atom. The van der Waals surface area contributed by atoms with Crippen LogP contribution in [0.4, 0.5) is 0 Å². The first kappa shape index (κ1) is 19.5. The van der Waals surface area contributed by atoms with E-state index in [-0.39, 0.29) is 24.8 Å². The highest BCUT2D eigenvalue weighted by atomic mass is 35.5. The lowest BCUT2D eigenvalue weighted by molar-refractivity contribution is 0.169. The summed E-state index contributed by atoms with van der Waals surface area (Å²) in [4.78, 5) is 2.59. The molecule has 0 aromatic heterocycles. The van der Waals surface area contributed by atoms with Crippen LogP contribution in [0.2, 0.25) is 0 Å². The van der Waals surface area contributed by atoms with Crippen LogP contribution in [0, 0.1) is 6.92 Å². The van der Waals surface area contributed by atoms with Gasteiger partial charge in [0.05, 0.1) is 7.11 Å². The summed E-state index contributed by atoms with van der Waals surface area (Å²) in [6.07, 6.45) is 1.16. The smallest absolute Gasteiger partial charge is 0.119 e. The molecule has 1 aliphatic rings. The molecule has 0 spiro atoms. The molecule has 0 unspecified atom stereocenters. The van der Waals surface area contributed by atoms with Gasteiger partial charge < -0.3 is 10.1 Å². The highest BCUT2D eigenvalue weighted by Crippen LogP contribution is 2.29. The van der Waals surface area contributed by atoms with Gasteiger partial charge in [-0.1, -0.05) is 13.0 Å². The first-order chi connectivity index (χ1) is 8.76. The summed E-state index contributed by atoms with van der Waals surface area (Å²) in [6.45, 7) is 8.95. The van der Waals surface area contributed by atoms with Gasteiger partial charge in [0.1, 0.15) is 5.75 Å². The molecule has 1 atom stereocenters. The maximum atomic E-state index is 5.29. The molecule has 1 N–H and O–H groups in total. The van der Waals surface area contributed by atoms with Gasteiger partial charge >= 0.3 is 0 Å². The Kier molecular flexibility index (Phi) is 9.23. The van der Waals surface area contributed by atoms with Crippen LogP contribution in [0.15, 0.2) is 18.2 Å². The van der Waals surface area contributed by atoms with Crippen molar-refractivity contribution in [2.24, 2.45) is 0 Å². The number of rotatable bonds is 4. The summed E-state index contributed by atoms with van der Waals surface area (Å²) in [6, 6.07) is 6.98. The average Bonchev–Trinajstić information content (AvgIpc) is 2.42. The van der Waals surface area contributed by atoms with Gasteiger partial charge in [0.25, 0.3) is 0 Å². The number of methoxy groups -OCH3 is 1. The number of halogens is 2. The second-order valence-electron chi connectivity index (χ2n) is 4.93. The van der Waals surface area contributed by atoms with Crippen LogP contribution in [0.25, 0.3) is 0 Å². The van der Waals surface area contributed by atoms with Crippen molar-refractivity contribution in [3.8, 4) is 5.75 Å². The van der Waals surface area contributed by atoms with Crippen molar-refractivity contribution in [2.75, 3.05) is 33.3 Å². The second kappa shape index (κ2) is 9.46. The molecule has 1 aromatic rings. The molecule has 0 amide bonds. The maximum Gasteiger partial charge on any atom is 0.119 e. The van der Waals surface area contributed by atoms with E-state index >= 15 is 0 Å². The van der Waals surface area contributed by atoms with Crippen molar-refractivity contribution in [1.29, 1.82) is 0 Å². The third-order valence-corrected chi connectivity index (χ3v) is 3.82. The zero-order valence-electron chi connectivity index (χ0n) is 12.5. The van der Waals surface area contributed by atoms with Crippen molar-refractivity contribution in [1.82, 2.24) is 10.2 Å². The molecule has 0 saturated carbocycles. The summed E-state index contributed by atoms with van der Waals surface area (Å²) < 4.78 is 5.29. The second-order valence-corrected chi connectivity index (χ2v) is 4.93. The molecule has 2 rings (SSSR count). The van der Waals surface area contributed by atoms with E-state index in [1.165, 1.54) is 11.1 Å². The van der Waals surface area contributed by atoms with Crippen molar-refractivity contribution in [3.63, 3.8) is 0 Å². The number of nitrogens with zero attached hydrogens (tertiary/aromatic N) is 1. The Balaban J connectivity index is 0.00000180. The number of piperazine rings is 1. The molecule has 1 saturated heterocycles. The Morgan fingerprint density at radius 1 is 1.25 bits per heavy atom. The van der Waals surface area contributed by atoms with Gasteiger partial charge in [0, 0.05) is 32.2 Å². The largest absolute Gasteiger partial charge is 0.497 e. The van der Waals surface area contributed by atoms with Gasteiger partial charge in [-0.05, 0) is 36.6 Å². The standard InChI is InChI=1S/C15H24N2O.2ClH/c1-4-15(17-9-7-16-8-10-17)14-6-5-13(18-3)11-12(14)2;;/h5-6,11,15-16H,4,7-10H2,1-3H3;2*1H/t15-;;/m0../s1. The van der Waals surface area contributed by atoms with Crippen molar-refractivity contribution in [2.45, 2.75) is 26.3 Å². The predicted octanol–water partition coefficient (Wildman–Crippen LogP) is 3.20. The normalized spacial score (nSPS) is 16.8. The predicted molar refractivity (Wildman–Crippen MR) is 89.7 cm³/mol. The fraction of sp³-hybridized carbons (Fsp3) is 0.600. The lowest BCUT2D eigenvalue weighted by atomic mass is 9.97. The molecule has 0 radical (unpaired) electrons. The Hall–Kier alpha value is -0.480. The fourth-order valence-corrected chi connectivity index (χ4v) is 2.82. The summed E-state index contributed by atoms with van der Waals surface area (Å²) in [5.41, 5.74) is 2.78. The number of nitrogens with one attached hydrogen (secondary N) is 1. The molecule has 1 fully saturated rings. The molecule has 116 valence electrons. The molecular formula is C15H26Cl2N2O. The highest BCUT2D eigenvalue weighted by molar-refractivity contribution is 5.85. The van der Waals surface area contributed by atoms with Crippen molar-refractivity contribution in [3.05, 3.63) is 29.3 Å². The molecular weight excluding hydrogens is 295 g/mol. The zero-order valence-corrected chi connectivity index (χ0v) is 14.1. The molecule has 3 nitrogen and oxygen atoms in total. The number of benzene rings is 1. The Morgan fingerprint density at radius 3 is 2.40 bits per heavy atom. The van der Waals surface area contributed by atoms with Crippen LogP contribution in [-0.2, 0) is 0 Å². The maximum absolute atomic E-state index is 5.29. The molecule has 0 bridgehead atoms. The summed E-state index contributed by atoms with van der Waals surface area (Å²) in [7, 11) is 1.72. The molecule has 5 heteroatoms. The van der Waals surface area contributed by atoms with Crippen LogP contribution >= 0.6 is 24.8 Å². The van der Waals surface area contributed by atoms with Gasteiger partial charge in [-0.2, -0.15) is 0 Å². The first-order valence-electron chi connectivity index (χ1n) is 6.85. The topological polar surface area (TPSA) is 24.5 Å². The summed E-state index contributed by atoms with van der Waals surface area (Å²) in [5.74, 6) is 0.950. The van der Waals surface area contributed by atoms with Gasteiger partial charge in [0.15, 0.2) is 0 Å². The van der Waals surface area contributed by atoms with Gasteiger partial charge in [-0.15, -0.1) is 24.8 Å². The van der Waals surface area contributed by atoms with Crippen molar-refractivity contribution < 1.29 is 4.74 Å². The Bertz CT molecular complexity index is 395. The van der Waals surface area contributed by atoms with Crippen molar-refractivity contribution >= 4 is 24.8 Å². The fourth-order valence-electron chi connectivity index (χ4n) is 2.82. The highest BCUT2D eigenvalue weighted by Gasteiger charge is 2.21. The minimum Gasteiger partial charge on any atom is -0.497 e.